The van der Waals surface area contributed by atoms with Crippen molar-refractivity contribution in [2.45, 2.75) is 25.9 Å². The molecular formula is C28H27N3O3S. The summed E-state index contributed by atoms with van der Waals surface area (Å²) >= 11 is 5.80. The molecule has 2 aromatic heterocycles. The lowest BCUT2D eigenvalue weighted by Gasteiger charge is -2.26. The predicted octanol–water partition coefficient (Wildman–Crippen LogP) is 6.32. The summed E-state index contributed by atoms with van der Waals surface area (Å²) in [5, 5.41) is 4.08. The predicted molar refractivity (Wildman–Crippen MR) is 141 cm³/mol. The van der Waals surface area contributed by atoms with Gasteiger partial charge >= 0.3 is 0 Å². The zero-order chi connectivity index (χ0) is 24.2. The van der Waals surface area contributed by atoms with Gasteiger partial charge < -0.3 is 24.1 Å². The van der Waals surface area contributed by atoms with Crippen molar-refractivity contribution in [1.29, 1.82) is 0 Å². The van der Waals surface area contributed by atoms with E-state index < -0.39 is 0 Å². The number of nitrogens with zero attached hydrogens (tertiary/aromatic N) is 2. The van der Waals surface area contributed by atoms with Crippen LogP contribution in [0.15, 0.2) is 89.5 Å². The molecule has 0 radical (unpaired) electrons. The van der Waals surface area contributed by atoms with Crippen LogP contribution in [-0.2, 0) is 0 Å². The summed E-state index contributed by atoms with van der Waals surface area (Å²) < 4.78 is 17.6. The van der Waals surface area contributed by atoms with Gasteiger partial charge in [0.2, 0.25) is 0 Å². The van der Waals surface area contributed by atoms with Gasteiger partial charge in [0.1, 0.15) is 29.1 Å². The first kappa shape index (κ1) is 22.9. The summed E-state index contributed by atoms with van der Waals surface area (Å²) in [5.41, 5.74) is 2.83. The molecule has 0 spiro atoms. The van der Waals surface area contributed by atoms with Crippen LogP contribution in [0.3, 0.4) is 0 Å². The van der Waals surface area contributed by atoms with Crippen LogP contribution in [0.1, 0.15) is 37.4 Å². The second-order valence-corrected chi connectivity index (χ2v) is 8.47. The molecule has 0 bridgehead atoms. The van der Waals surface area contributed by atoms with Crippen molar-refractivity contribution in [3.8, 4) is 22.8 Å². The van der Waals surface area contributed by atoms with Gasteiger partial charge in [-0.3, -0.25) is 4.98 Å². The number of anilines is 1. The van der Waals surface area contributed by atoms with Crippen molar-refractivity contribution in [1.82, 2.24) is 10.3 Å². The van der Waals surface area contributed by atoms with Gasteiger partial charge in [0, 0.05) is 17.4 Å². The highest BCUT2D eigenvalue weighted by Gasteiger charge is 2.42. The summed E-state index contributed by atoms with van der Waals surface area (Å²) in [6.45, 7) is 5.20. The van der Waals surface area contributed by atoms with Gasteiger partial charge in [0.25, 0.3) is 0 Å². The Kier molecular flexibility index (Phi) is 6.68. The number of benzene rings is 2. The average Bonchev–Trinajstić information content (AvgIpc) is 3.51. The summed E-state index contributed by atoms with van der Waals surface area (Å²) in [5.74, 6) is 3.24. The van der Waals surface area contributed by atoms with Crippen LogP contribution in [0.4, 0.5) is 5.69 Å². The minimum absolute atomic E-state index is 0.172. The van der Waals surface area contributed by atoms with Crippen molar-refractivity contribution in [2.24, 2.45) is 0 Å². The van der Waals surface area contributed by atoms with Crippen LogP contribution in [0.25, 0.3) is 11.3 Å². The van der Waals surface area contributed by atoms with Crippen molar-refractivity contribution in [2.75, 3.05) is 18.1 Å². The highest BCUT2D eigenvalue weighted by molar-refractivity contribution is 7.80. The third-order valence-electron chi connectivity index (χ3n) is 5.89. The Bertz CT molecular complexity index is 1270. The molecule has 1 aliphatic heterocycles. The molecule has 1 N–H and O–H groups in total. The van der Waals surface area contributed by atoms with Crippen molar-refractivity contribution in [3.63, 3.8) is 0 Å². The van der Waals surface area contributed by atoms with Gasteiger partial charge in [-0.2, -0.15) is 0 Å². The van der Waals surface area contributed by atoms with E-state index in [0.717, 1.165) is 40.0 Å². The lowest BCUT2D eigenvalue weighted by Crippen LogP contribution is -2.29. The molecule has 4 aromatic rings. The molecule has 1 saturated heterocycles. The number of rotatable bonds is 8. The summed E-state index contributed by atoms with van der Waals surface area (Å²) in [6, 6.07) is 25.4. The molecule has 2 atom stereocenters. The molecule has 1 aliphatic rings. The molecule has 6 nitrogen and oxygen atoms in total. The number of nitrogens with one attached hydrogen (secondary N) is 1. The minimum atomic E-state index is -0.216. The van der Waals surface area contributed by atoms with E-state index >= 15 is 0 Å². The quantitative estimate of drug-likeness (QED) is 0.293. The Morgan fingerprint density at radius 2 is 1.57 bits per heavy atom. The fraction of sp³-hybridized carbons (Fsp3) is 0.214. The van der Waals surface area contributed by atoms with Crippen LogP contribution >= 0.6 is 12.2 Å². The largest absolute Gasteiger partial charge is 0.494 e. The molecule has 0 aliphatic carbocycles. The molecule has 0 amide bonds. The van der Waals surface area contributed by atoms with E-state index in [1.807, 2.05) is 92.7 Å². The first-order valence-electron chi connectivity index (χ1n) is 11.7. The van der Waals surface area contributed by atoms with E-state index in [9.17, 15) is 0 Å². The number of hydrogen-bond donors (Lipinski definition) is 1. The van der Waals surface area contributed by atoms with Crippen LogP contribution in [-0.4, -0.2) is 23.3 Å². The first-order valence-corrected chi connectivity index (χ1v) is 12.1. The fourth-order valence-corrected chi connectivity index (χ4v) is 4.69. The van der Waals surface area contributed by atoms with Crippen LogP contribution in [0, 0.1) is 0 Å². The van der Waals surface area contributed by atoms with E-state index in [1.165, 1.54) is 0 Å². The molecule has 7 heteroatoms. The van der Waals surface area contributed by atoms with Crippen molar-refractivity contribution < 1.29 is 13.9 Å². The minimum Gasteiger partial charge on any atom is -0.494 e. The monoisotopic (exact) mass is 485 g/mol. The standard InChI is InChI=1S/C28H27N3O3S/c1-3-32-21-12-8-19(9-13-21)24-16-17-25(34-24)27-26(23-7-5-6-18-29-23)30-28(35)31(27)20-10-14-22(15-11-20)33-4-2/h5-18,26-27H,3-4H2,1-2H3,(H,30,35)/t26-,27+/m0/s1. The van der Waals surface area contributed by atoms with Gasteiger partial charge in [0.05, 0.1) is 24.9 Å². The van der Waals surface area contributed by atoms with Gasteiger partial charge in [-0.25, -0.2) is 0 Å². The molecule has 3 heterocycles. The molecule has 0 unspecified atom stereocenters. The molecule has 178 valence electrons. The molecule has 0 saturated carbocycles. The van der Waals surface area contributed by atoms with Gasteiger partial charge in [-0.1, -0.05) is 6.07 Å². The molecule has 5 rings (SSSR count). The van der Waals surface area contributed by atoms with E-state index in [1.54, 1.807) is 6.20 Å². The Hall–Kier alpha value is -3.84. The molecule has 2 aromatic carbocycles. The third-order valence-corrected chi connectivity index (χ3v) is 6.21. The van der Waals surface area contributed by atoms with Gasteiger partial charge in [-0.15, -0.1) is 0 Å². The number of aromatic nitrogens is 1. The topological polar surface area (TPSA) is 59.8 Å². The third kappa shape index (κ3) is 4.72. The second-order valence-electron chi connectivity index (χ2n) is 8.08. The number of ether oxygens (including phenoxy) is 2. The zero-order valence-corrected chi connectivity index (χ0v) is 20.5. The smallest absolute Gasteiger partial charge is 0.174 e. The van der Waals surface area contributed by atoms with E-state index in [2.05, 4.69) is 15.2 Å². The summed E-state index contributed by atoms with van der Waals surface area (Å²) in [4.78, 5) is 6.69. The highest BCUT2D eigenvalue weighted by atomic mass is 32.1. The van der Waals surface area contributed by atoms with Crippen molar-refractivity contribution in [3.05, 3.63) is 96.5 Å². The highest BCUT2D eigenvalue weighted by Crippen LogP contribution is 2.43. The number of pyridine rings is 1. The summed E-state index contributed by atoms with van der Waals surface area (Å²) in [7, 11) is 0. The van der Waals surface area contributed by atoms with Crippen LogP contribution < -0.4 is 19.7 Å². The Morgan fingerprint density at radius 3 is 2.20 bits per heavy atom. The van der Waals surface area contributed by atoms with Crippen LogP contribution in [0.5, 0.6) is 11.5 Å². The zero-order valence-electron chi connectivity index (χ0n) is 19.7. The molecular weight excluding hydrogens is 458 g/mol. The van der Waals surface area contributed by atoms with Crippen molar-refractivity contribution >= 4 is 23.0 Å². The SMILES string of the molecule is CCOc1ccc(-c2ccc([C@@H]3[C@H](c4ccccn4)NC(=S)N3c3ccc(OCC)cc3)o2)cc1. The maximum Gasteiger partial charge on any atom is 0.174 e. The van der Waals surface area contributed by atoms with E-state index in [-0.39, 0.29) is 12.1 Å². The molecule has 35 heavy (non-hydrogen) atoms. The average molecular weight is 486 g/mol. The molecule has 1 fully saturated rings. The Morgan fingerprint density at radius 1 is 0.886 bits per heavy atom. The maximum absolute atomic E-state index is 6.43. The normalized spacial score (nSPS) is 17.3. The fourth-order valence-electron chi connectivity index (χ4n) is 4.34. The summed E-state index contributed by atoms with van der Waals surface area (Å²) in [6.07, 6.45) is 1.80. The maximum atomic E-state index is 6.43. The van der Waals surface area contributed by atoms with Gasteiger partial charge in [-0.05, 0) is 98.9 Å². The van der Waals surface area contributed by atoms with E-state index in [4.69, 9.17) is 26.1 Å². The lowest BCUT2D eigenvalue weighted by molar-refractivity contribution is 0.340. The van der Waals surface area contributed by atoms with Gasteiger partial charge in [0.15, 0.2) is 5.11 Å². The first-order chi connectivity index (χ1) is 17.2. The Balaban J connectivity index is 1.52. The number of thiocarbonyl (C=S) groups is 1. The number of furan rings is 1. The number of hydrogen-bond acceptors (Lipinski definition) is 5. The van der Waals surface area contributed by atoms with E-state index in [0.29, 0.717) is 18.3 Å². The lowest BCUT2D eigenvalue weighted by atomic mass is 10.0. The Labute approximate surface area is 210 Å². The second kappa shape index (κ2) is 10.2. The van der Waals surface area contributed by atoms with Crippen LogP contribution in [0.2, 0.25) is 0 Å².